The van der Waals surface area contributed by atoms with Gasteiger partial charge in [-0.05, 0) is 42.7 Å². The Morgan fingerprint density at radius 3 is 2.85 bits per heavy atom. The van der Waals surface area contributed by atoms with Gasteiger partial charge in [0.15, 0.2) is 5.76 Å². The van der Waals surface area contributed by atoms with Gasteiger partial charge in [-0.3, -0.25) is 9.59 Å². The van der Waals surface area contributed by atoms with Crippen molar-refractivity contribution >= 4 is 34.6 Å². The summed E-state index contributed by atoms with van der Waals surface area (Å²) in [5.74, 6) is 0.949. The number of amides is 2. The summed E-state index contributed by atoms with van der Waals surface area (Å²) in [6, 6.07) is 10.2. The smallest absolute Gasteiger partial charge is 0.287 e. The molecule has 3 N–H and O–H groups in total. The molecule has 0 bridgehead atoms. The maximum absolute atomic E-state index is 12.5. The predicted molar refractivity (Wildman–Crippen MR) is 101 cm³/mol. The van der Waals surface area contributed by atoms with Gasteiger partial charge in [0.1, 0.15) is 11.9 Å². The van der Waals surface area contributed by atoms with E-state index in [4.69, 9.17) is 4.42 Å². The zero-order valence-electron chi connectivity index (χ0n) is 14.3. The summed E-state index contributed by atoms with van der Waals surface area (Å²) < 4.78 is 5.08. The van der Waals surface area contributed by atoms with Gasteiger partial charge in [0.2, 0.25) is 5.91 Å². The van der Waals surface area contributed by atoms with Crippen LogP contribution in [0.5, 0.6) is 0 Å². The van der Waals surface area contributed by atoms with Crippen LogP contribution in [0.4, 0.5) is 0 Å². The summed E-state index contributed by atoms with van der Waals surface area (Å²) >= 11 is 1.62. The highest BCUT2D eigenvalue weighted by atomic mass is 32.2. The zero-order chi connectivity index (χ0) is 18.4. The number of H-pyrrole nitrogens is 1. The van der Waals surface area contributed by atoms with Gasteiger partial charge in [-0.25, -0.2) is 4.98 Å². The van der Waals surface area contributed by atoms with E-state index in [1.165, 1.54) is 6.26 Å². The lowest BCUT2D eigenvalue weighted by atomic mass is 10.2. The summed E-state index contributed by atoms with van der Waals surface area (Å²) in [5, 5.41) is 5.56. The SMILES string of the molecule is CSCCC(NC(=O)c1ccco1)C(=O)NCc1nc2ccccc2[nH]1. The monoisotopic (exact) mass is 372 g/mol. The van der Waals surface area contributed by atoms with Gasteiger partial charge in [0.25, 0.3) is 5.91 Å². The number of thioether (sulfide) groups is 1. The van der Waals surface area contributed by atoms with Crippen molar-refractivity contribution in [3.63, 3.8) is 0 Å². The second-order valence-electron chi connectivity index (χ2n) is 5.70. The lowest BCUT2D eigenvalue weighted by molar-refractivity contribution is -0.123. The van der Waals surface area contributed by atoms with Crippen LogP contribution in [0.1, 0.15) is 22.8 Å². The third kappa shape index (κ3) is 4.45. The quantitative estimate of drug-likeness (QED) is 0.563. The molecule has 136 valence electrons. The van der Waals surface area contributed by atoms with Crippen molar-refractivity contribution in [2.75, 3.05) is 12.0 Å². The van der Waals surface area contributed by atoms with Crippen LogP contribution in [-0.4, -0.2) is 39.8 Å². The summed E-state index contributed by atoms with van der Waals surface area (Å²) in [4.78, 5) is 32.3. The molecular weight excluding hydrogens is 352 g/mol. The minimum absolute atomic E-state index is 0.184. The molecular formula is C18H20N4O3S. The van der Waals surface area contributed by atoms with E-state index in [2.05, 4.69) is 20.6 Å². The van der Waals surface area contributed by atoms with E-state index in [9.17, 15) is 9.59 Å². The number of hydrogen-bond donors (Lipinski definition) is 3. The molecule has 0 radical (unpaired) electrons. The van der Waals surface area contributed by atoms with Crippen molar-refractivity contribution in [1.29, 1.82) is 0 Å². The van der Waals surface area contributed by atoms with Gasteiger partial charge in [-0.1, -0.05) is 12.1 Å². The van der Waals surface area contributed by atoms with Crippen molar-refractivity contribution < 1.29 is 14.0 Å². The lowest BCUT2D eigenvalue weighted by Crippen LogP contribution is -2.46. The van der Waals surface area contributed by atoms with Crippen molar-refractivity contribution in [3.05, 3.63) is 54.2 Å². The molecule has 8 heteroatoms. The number of carbonyl (C=O) groups is 2. The number of aromatic nitrogens is 2. The largest absolute Gasteiger partial charge is 0.459 e. The highest BCUT2D eigenvalue weighted by Gasteiger charge is 2.22. The molecule has 1 atom stereocenters. The highest BCUT2D eigenvalue weighted by Crippen LogP contribution is 2.10. The first-order valence-corrected chi connectivity index (χ1v) is 9.61. The number of para-hydroxylation sites is 2. The average molecular weight is 372 g/mol. The molecule has 7 nitrogen and oxygen atoms in total. The fourth-order valence-electron chi connectivity index (χ4n) is 2.53. The van der Waals surface area contributed by atoms with Crippen LogP contribution in [-0.2, 0) is 11.3 Å². The molecule has 1 aromatic carbocycles. The number of hydrogen-bond acceptors (Lipinski definition) is 5. The molecule has 0 aliphatic heterocycles. The van der Waals surface area contributed by atoms with Gasteiger partial charge >= 0.3 is 0 Å². The number of furan rings is 1. The fraction of sp³-hybridized carbons (Fsp3) is 0.278. The number of benzene rings is 1. The Hall–Kier alpha value is -2.74. The number of nitrogens with one attached hydrogen (secondary N) is 3. The average Bonchev–Trinajstić information content (AvgIpc) is 3.32. The molecule has 0 aliphatic rings. The zero-order valence-corrected chi connectivity index (χ0v) is 15.1. The van der Waals surface area contributed by atoms with E-state index in [0.29, 0.717) is 12.2 Å². The molecule has 2 heterocycles. The normalized spacial score (nSPS) is 12.0. The van der Waals surface area contributed by atoms with E-state index in [0.717, 1.165) is 16.8 Å². The number of aromatic amines is 1. The summed E-state index contributed by atoms with van der Waals surface area (Å²) in [6.45, 7) is 0.264. The standard InChI is InChI=1S/C18H20N4O3S/c1-26-10-8-14(22-18(24)15-7-4-9-25-15)17(23)19-11-16-20-12-5-2-3-6-13(12)21-16/h2-7,9,14H,8,10-11H2,1H3,(H,19,23)(H,20,21)(H,22,24). The Bertz CT molecular complexity index is 843. The molecule has 26 heavy (non-hydrogen) atoms. The first kappa shape index (κ1) is 18.1. The molecule has 3 rings (SSSR count). The third-order valence-electron chi connectivity index (χ3n) is 3.85. The molecule has 3 aromatic rings. The van der Waals surface area contributed by atoms with E-state index >= 15 is 0 Å². The van der Waals surface area contributed by atoms with Crippen LogP contribution in [0.15, 0.2) is 47.1 Å². The Kier molecular flexibility index (Phi) is 5.96. The summed E-state index contributed by atoms with van der Waals surface area (Å²) in [7, 11) is 0. The van der Waals surface area contributed by atoms with E-state index in [1.807, 2.05) is 30.5 Å². The van der Waals surface area contributed by atoms with Crippen LogP contribution in [0.3, 0.4) is 0 Å². The topological polar surface area (TPSA) is 100 Å². The first-order valence-electron chi connectivity index (χ1n) is 8.22. The van der Waals surface area contributed by atoms with Gasteiger partial charge < -0.3 is 20.0 Å². The molecule has 1 unspecified atom stereocenters. The molecule has 2 amide bonds. The Morgan fingerprint density at radius 2 is 2.12 bits per heavy atom. The minimum Gasteiger partial charge on any atom is -0.459 e. The molecule has 0 spiro atoms. The van der Waals surface area contributed by atoms with Crippen LogP contribution in [0.25, 0.3) is 11.0 Å². The van der Waals surface area contributed by atoms with E-state index in [1.54, 1.807) is 23.9 Å². The van der Waals surface area contributed by atoms with Crippen LogP contribution < -0.4 is 10.6 Å². The molecule has 0 saturated heterocycles. The molecule has 0 aliphatic carbocycles. The second kappa shape index (κ2) is 8.57. The van der Waals surface area contributed by atoms with Crippen molar-refractivity contribution in [1.82, 2.24) is 20.6 Å². The molecule has 0 saturated carbocycles. The third-order valence-corrected chi connectivity index (χ3v) is 4.49. The van der Waals surface area contributed by atoms with Gasteiger partial charge in [-0.2, -0.15) is 11.8 Å². The molecule has 2 aromatic heterocycles. The Morgan fingerprint density at radius 1 is 1.27 bits per heavy atom. The number of nitrogens with zero attached hydrogens (tertiary/aromatic N) is 1. The first-order chi connectivity index (χ1) is 12.7. The van der Waals surface area contributed by atoms with Crippen molar-refractivity contribution in [2.45, 2.75) is 19.0 Å². The van der Waals surface area contributed by atoms with E-state index < -0.39 is 11.9 Å². The van der Waals surface area contributed by atoms with Crippen LogP contribution >= 0.6 is 11.8 Å². The predicted octanol–water partition coefficient (Wildman–Crippen LogP) is 2.32. The van der Waals surface area contributed by atoms with Gasteiger partial charge in [-0.15, -0.1) is 0 Å². The van der Waals surface area contributed by atoms with Gasteiger partial charge in [0.05, 0.1) is 23.8 Å². The number of fused-ring (bicyclic) bond motifs is 1. The van der Waals surface area contributed by atoms with E-state index in [-0.39, 0.29) is 18.2 Å². The Balaban J connectivity index is 1.61. The summed E-state index contributed by atoms with van der Waals surface area (Å²) in [5.41, 5.74) is 1.77. The van der Waals surface area contributed by atoms with Crippen LogP contribution in [0.2, 0.25) is 0 Å². The van der Waals surface area contributed by atoms with Gasteiger partial charge in [0, 0.05) is 0 Å². The summed E-state index contributed by atoms with van der Waals surface area (Å²) in [6.07, 6.45) is 3.91. The lowest BCUT2D eigenvalue weighted by Gasteiger charge is -2.17. The maximum Gasteiger partial charge on any atom is 0.287 e. The maximum atomic E-state index is 12.5. The second-order valence-corrected chi connectivity index (χ2v) is 6.69. The number of carbonyl (C=O) groups excluding carboxylic acids is 2. The molecule has 0 fully saturated rings. The minimum atomic E-state index is -0.635. The number of imidazole rings is 1. The Labute approximate surface area is 154 Å². The van der Waals surface area contributed by atoms with Crippen LogP contribution in [0, 0.1) is 0 Å². The van der Waals surface area contributed by atoms with Crippen molar-refractivity contribution in [3.8, 4) is 0 Å². The highest BCUT2D eigenvalue weighted by molar-refractivity contribution is 7.98. The van der Waals surface area contributed by atoms with Crippen molar-refractivity contribution in [2.24, 2.45) is 0 Å². The fourth-order valence-corrected chi connectivity index (χ4v) is 3.00. The number of rotatable bonds is 8.